The molecule has 0 bridgehead atoms. The topological polar surface area (TPSA) is 69.0 Å². The molecule has 0 aromatic rings. The molecule has 0 aliphatic carbocycles. The van der Waals surface area contributed by atoms with Crippen LogP contribution >= 0.6 is 0 Å². The first-order valence-electron chi connectivity index (χ1n) is 3.53. The van der Waals surface area contributed by atoms with E-state index in [0.717, 1.165) is 19.3 Å². The largest absolute Gasteiger partial charge is 0.387 e. The maximum Gasteiger partial charge on any atom is 0.133 e. The summed E-state index contributed by atoms with van der Waals surface area (Å²) in [4.78, 5) is 2.49. The van der Waals surface area contributed by atoms with Crippen LogP contribution < -0.4 is 0 Å². The van der Waals surface area contributed by atoms with Crippen LogP contribution in [0.25, 0.3) is 10.4 Å². The van der Waals surface area contributed by atoms with Crippen LogP contribution in [0.5, 0.6) is 0 Å². The lowest BCUT2D eigenvalue weighted by Crippen LogP contribution is -1.99. The van der Waals surface area contributed by atoms with Gasteiger partial charge in [-0.1, -0.05) is 31.3 Å². The standard InChI is InChI=1S/C6H13N3O/c1-2-3-4-5-6(10)8-9-7/h6,10H,2-5H2,1H3. The smallest absolute Gasteiger partial charge is 0.133 e. The van der Waals surface area contributed by atoms with Gasteiger partial charge in [-0.25, -0.2) is 0 Å². The van der Waals surface area contributed by atoms with E-state index < -0.39 is 6.23 Å². The number of hydrogen-bond acceptors (Lipinski definition) is 2. The summed E-state index contributed by atoms with van der Waals surface area (Å²) in [7, 11) is 0. The van der Waals surface area contributed by atoms with E-state index in [9.17, 15) is 0 Å². The summed E-state index contributed by atoms with van der Waals surface area (Å²) in [5.41, 5.74) is 7.89. The molecule has 0 heterocycles. The zero-order valence-corrected chi connectivity index (χ0v) is 6.19. The average molecular weight is 143 g/mol. The third-order valence-electron chi connectivity index (χ3n) is 1.25. The van der Waals surface area contributed by atoms with E-state index in [-0.39, 0.29) is 0 Å². The molecule has 0 aliphatic rings. The van der Waals surface area contributed by atoms with Crippen LogP contribution in [-0.2, 0) is 0 Å². The Labute approximate surface area is 60.5 Å². The van der Waals surface area contributed by atoms with Crippen molar-refractivity contribution in [2.45, 2.75) is 38.8 Å². The van der Waals surface area contributed by atoms with Crippen LogP contribution in [0, 0.1) is 0 Å². The fourth-order valence-electron chi connectivity index (χ4n) is 0.694. The highest BCUT2D eigenvalue weighted by Gasteiger charge is 1.97. The number of nitrogens with zero attached hydrogens (tertiary/aromatic N) is 3. The van der Waals surface area contributed by atoms with E-state index in [1.807, 2.05) is 0 Å². The zero-order valence-electron chi connectivity index (χ0n) is 6.19. The number of aliphatic hydroxyl groups excluding tert-OH is 1. The number of hydrogen-bond donors (Lipinski definition) is 1. The monoisotopic (exact) mass is 143 g/mol. The lowest BCUT2D eigenvalue weighted by molar-refractivity contribution is 0.168. The molecular formula is C6H13N3O. The molecule has 58 valence electrons. The summed E-state index contributed by atoms with van der Waals surface area (Å²) in [6.45, 7) is 2.08. The molecule has 0 rings (SSSR count). The van der Waals surface area contributed by atoms with Gasteiger partial charge >= 0.3 is 0 Å². The third kappa shape index (κ3) is 5.41. The van der Waals surface area contributed by atoms with Gasteiger partial charge in [-0.05, 0) is 12.0 Å². The fourth-order valence-corrected chi connectivity index (χ4v) is 0.694. The van der Waals surface area contributed by atoms with E-state index >= 15 is 0 Å². The van der Waals surface area contributed by atoms with Gasteiger partial charge in [0.1, 0.15) is 6.23 Å². The minimum atomic E-state index is -0.823. The molecule has 0 aromatic carbocycles. The summed E-state index contributed by atoms with van der Waals surface area (Å²) < 4.78 is 0. The first kappa shape index (κ1) is 9.27. The second-order valence-corrected chi connectivity index (χ2v) is 2.18. The van der Waals surface area contributed by atoms with Crippen LogP contribution in [0.1, 0.15) is 32.6 Å². The molecule has 0 aliphatic heterocycles. The molecule has 0 saturated carbocycles. The summed E-state index contributed by atoms with van der Waals surface area (Å²) in [5.74, 6) is 0. The van der Waals surface area contributed by atoms with Crippen LogP contribution in [0.3, 0.4) is 0 Å². The Morgan fingerprint density at radius 2 is 2.30 bits per heavy atom. The predicted octanol–water partition coefficient (Wildman–Crippen LogP) is 2.20. The summed E-state index contributed by atoms with van der Waals surface area (Å²) in [6, 6.07) is 0. The molecule has 0 amide bonds. The number of azide groups is 1. The molecule has 1 unspecified atom stereocenters. The maximum atomic E-state index is 8.86. The summed E-state index contributed by atoms with van der Waals surface area (Å²) >= 11 is 0. The van der Waals surface area contributed by atoms with Crippen molar-refractivity contribution >= 4 is 0 Å². The minimum Gasteiger partial charge on any atom is -0.387 e. The highest BCUT2D eigenvalue weighted by atomic mass is 16.3. The molecule has 10 heavy (non-hydrogen) atoms. The molecular weight excluding hydrogens is 130 g/mol. The van der Waals surface area contributed by atoms with Crippen molar-refractivity contribution < 1.29 is 5.11 Å². The molecule has 0 saturated heterocycles. The Morgan fingerprint density at radius 3 is 2.80 bits per heavy atom. The van der Waals surface area contributed by atoms with Crippen molar-refractivity contribution in [3.8, 4) is 0 Å². The summed E-state index contributed by atoms with van der Waals surface area (Å²) in [6.07, 6.45) is 2.88. The average Bonchev–Trinajstić information content (AvgIpc) is 1.89. The van der Waals surface area contributed by atoms with Crippen LogP contribution in [0.15, 0.2) is 5.11 Å². The van der Waals surface area contributed by atoms with E-state index in [1.54, 1.807) is 0 Å². The summed E-state index contributed by atoms with van der Waals surface area (Å²) in [5, 5.41) is 12.0. The second-order valence-electron chi connectivity index (χ2n) is 2.18. The third-order valence-corrected chi connectivity index (χ3v) is 1.25. The molecule has 0 spiro atoms. The SMILES string of the molecule is CCCCCC(O)N=[N+]=[N-]. The number of unbranched alkanes of at least 4 members (excludes halogenated alkanes) is 2. The second kappa shape index (κ2) is 6.39. The number of aliphatic hydroxyl groups is 1. The van der Waals surface area contributed by atoms with Crippen LogP contribution in [0.2, 0.25) is 0 Å². The first-order valence-corrected chi connectivity index (χ1v) is 3.53. The Balaban J connectivity index is 3.21. The molecule has 4 nitrogen and oxygen atoms in total. The van der Waals surface area contributed by atoms with Crippen molar-refractivity contribution in [1.82, 2.24) is 0 Å². The van der Waals surface area contributed by atoms with Gasteiger partial charge in [0.15, 0.2) is 0 Å². The Hall–Kier alpha value is -0.730. The molecule has 0 aromatic heterocycles. The van der Waals surface area contributed by atoms with Crippen molar-refractivity contribution in [2.24, 2.45) is 5.11 Å². The van der Waals surface area contributed by atoms with Crippen molar-refractivity contribution in [2.75, 3.05) is 0 Å². The molecule has 0 radical (unpaired) electrons. The highest BCUT2D eigenvalue weighted by Crippen LogP contribution is 2.03. The Morgan fingerprint density at radius 1 is 1.60 bits per heavy atom. The van der Waals surface area contributed by atoms with E-state index in [1.165, 1.54) is 0 Å². The normalized spacial score (nSPS) is 12.2. The van der Waals surface area contributed by atoms with E-state index in [0.29, 0.717) is 6.42 Å². The molecule has 0 fully saturated rings. The van der Waals surface area contributed by atoms with E-state index in [2.05, 4.69) is 16.9 Å². The molecule has 1 N–H and O–H groups in total. The first-order chi connectivity index (χ1) is 4.81. The van der Waals surface area contributed by atoms with Gasteiger partial charge in [-0.2, -0.15) is 0 Å². The lowest BCUT2D eigenvalue weighted by Gasteiger charge is -2.00. The van der Waals surface area contributed by atoms with Gasteiger partial charge in [0.25, 0.3) is 0 Å². The van der Waals surface area contributed by atoms with Gasteiger partial charge in [-0.15, -0.1) is 0 Å². The number of rotatable bonds is 5. The van der Waals surface area contributed by atoms with Crippen molar-refractivity contribution in [3.05, 3.63) is 10.4 Å². The van der Waals surface area contributed by atoms with Gasteiger partial charge in [-0.3, -0.25) is 0 Å². The van der Waals surface area contributed by atoms with Gasteiger partial charge in [0, 0.05) is 4.91 Å². The van der Waals surface area contributed by atoms with Crippen molar-refractivity contribution in [1.29, 1.82) is 0 Å². The van der Waals surface area contributed by atoms with Gasteiger partial charge < -0.3 is 5.11 Å². The van der Waals surface area contributed by atoms with Crippen LogP contribution in [-0.4, -0.2) is 11.3 Å². The molecule has 4 heteroatoms. The Bertz CT molecular complexity index is 120. The highest BCUT2D eigenvalue weighted by molar-refractivity contribution is 4.53. The minimum absolute atomic E-state index is 0.581. The predicted molar refractivity (Wildman–Crippen MR) is 39.3 cm³/mol. The lowest BCUT2D eigenvalue weighted by atomic mass is 10.2. The Kier molecular flexibility index (Phi) is 5.92. The van der Waals surface area contributed by atoms with Gasteiger partial charge in [0.2, 0.25) is 0 Å². The van der Waals surface area contributed by atoms with E-state index in [4.69, 9.17) is 10.6 Å². The quantitative estimate of drug-likeness (QED) is 0.272. The van der Waals surface area contributed by atoms with Crippen LogP contribution in [0.4, 0.5) is 0 Å². The maximum absolute atomic E-state index is 8.86. The molecule has 1 atom stereocenters. The fraction of sp³-hybridized carbons (Fsp3) is 1.00. The van der Waals surface area contributed by atoms with Gasteiger partial charge in [0.05, 0.1) is 0 Å². The van der Waals surface area contributed by atoms with Crippen molar-refractivity contribution in [3.63, 3.8) is 0 Å². The zero-order chi connectivity index (χ0) is 7.82.